The molecule has 4 nitrogen and oxygen atoms in total. The Morgan fingerprint density at radius 3 is 2.62 bits per heavy atom. The van der Waals surface area contributed by atoms with Crippen LogP contribution in [-0.2, 0) is 11.3 Å². The monoisotopic (exact) mass is 314 g/mol. The van der Waals surface area contributed by atoms with E-state index in [2.05, 4.69) is 24.1 Å². The smallest absolute Gasteiger partial charge is 0.213 e. The fourth-order valence-corrected chi connectivity index (χ4v) is 1.83. The molecule has 0 saturated carbocycles. The molecule has 5 heteroatoms. The van der Waals surface area contributed by atoms with Crippen molar-refractivity contribution in [3.63, 3.8) is 0 Å². The van der Waals surface area contributed by atoms with Crippen LogP contribution in [0.25, 0.3) is 0 Å². The predicted octanol–water partition coefficient (Wildman–Crippen LogP) is 3.67. The molecular formula is C16H27ClN2O2. The Morgan fingerprint density at radius 2 is 2.00 bits per heavy atom. The zero-order chi connectivity index (χ0) is 15.9. The lowest BCUT2D eigenvalue weighted by Gasteiger charge is -2.19. The highest BCUT2D eigenvalue weighted by Gasteiger charge is 2.10. The Bertz CT molecular complexity index is 431. The van der Waals surface area contributed by atoms with Crippen LogP contribution in [0.5, 0.6) is 5.88 Å². The summed E-state index contributed by atoms with van der Waals surface area (Å²) in [7, 11) is 0. The van der Waals surface area contributed by atoms with Gasteiger partial charge in [-0.15, -0.1) is 0 Å². The van der Waals surface area contributed by atoms with Gasteiger partial charge in [0.25, 0.3) is 0 Å². The highest BCUT2D eigenvalue weighted by Crippen LogP contribution is 2.19. The SMILES string of the molecule is CC(C)CNCc1cc(OCCOC(C)(C)C)ncc1Cl. The Morgan fingerprint density at radius 1 is 1.29 bits per heavy atom. The number of aromatic nitrogens is 1. The van der Waals surface area contributed by atoms with Gasteiger partial charge in [0, 0.05) is 18.8 Å². The second kappa shape index (κ2) is 8.57. The topological polar surface area (TPSA) is 43.4 Å². The molecule has 1 heterocycles. The van der Waals surface area contributed by atoms with Gasteiger partial charge in [-0.05, 0) is 38.8 Å². The third-order valence-corrected chi connectivity index (χ3v) is 2.99. The van der Waals surface area contributed by atoms with E-state index in [9.17, 15) is 0 Å². The van der Waals surface area contributed by atoms with Crippen molar-refractivity contribution in [2.75, 3.05) is 19.8 Å². The highest BCUT2D eigenvalue weighted by molar-refractivity contribution is 6.31. The van der Waals surface area contributed by atoms with E-state index in [1.165, 1.54) is 0 Å². The van der Waals surface area contributed by atoms with E-state index in [0.717, 1.165) is 12.1 Å². The molecule has 1 N–H and O–H groups in total. The summed E-state index contributed by atoms with van der Waals surface area (Å²) < 4.78 is 11.2. The maximum atomic E-state index is 6.15. The number of nitrogens with one attached hydrogen (secondary N) is 1. The first-order chi connectivity index (χ1) is 9.78. The first-order valence-electron chi connectivity index (χ1n) is 7.40. The van der Waals surface area contributed by atoms with Crippen LogP contribution in [0, 0.1) is 5.92 Å². The molecule has 0 unspecified atom stereocenters. The molecule has 0 atom stereocenters. The van der Waals surface area contributed by atoms with Crippen molar-refractivity contribution in [3.05, 3.63) is 22.8 Å². The van der Waals surface area contributed by atoms with Crippen LogP contribution in [0.3, 0.4) is 0 Å². The maximum absolute atomic E-state index is 6.15. The van der Waals surface area contributed by atoms with E-state index in [1.807, 2.05) is 26.8 Å². The molecule has 21 heavy (non-hydrogen) atoms. The van der Waals surface area contributed by atoms with Gasteiger partial charge in [-0.3, -0.25) is 0 Å². The highest BCUT2D eigenvalue weighted by atomic mass is 35.5. The Labute approximate surface area is 133 Å². The predicted molar refractivity (Wildman–Crippen MR) is 87.0 cm³/mol. The van der Waals surface area contributed by atoms with E-state index in [4.69, 9.17) is 21.1 Å². The zero-order valence-electron chi connectivity index (χ0n) is 13.7. The molecule has 0 aliphatic rings. The van der Waals surface area contributed by atoms with Gasteiger partial charge < -0.3 is 14.8 Å². The molecule has 120 valence electrons. The summed E-state index contributed by atoms with van der Waals surface area (Å²) in [5.41, 5.74) is 0.849. The second-order valence-corrected chi connectivity index (χ2v) is 6.86. The number of pyridine rings is 1. The molecule has 0 aliphatic carbocycles. The molecule has 0 aliphatic heterocycles. The van der Waals surface area contributed by atoms with Crippen LogP contribution in [0.2, 0.25) is 5.02 Å². The molecule has 0 aromatic carbocycles. The van der Waals surface area contributed by atoms with Crippen LogP contribution in [-0.4, -0.2) is 30.3 Å². The Balaban J connectivity index is 2.45. The van der Waals surface area contributed by atoms with Crippen molar-refractivity contribution in [3.8, 4) is 5.88 Å². The zero-order valence-corrected chi connectivity index (χ0v) is 14.5. The summed E-state index contributed by atoms with van der Waals surface area (Å²) in [6.45, 7) is 13.1. The van der Waals surface area contributed by atoms with Gasteiger partial charge in [-0.25, -0.2) is 4.98 Å². The second-order valence-electron chi connectivity index (χ2n) is 6.45. The summed E-state index contributed by atoms with van der Waals surface area (Å²) in [5.74, 6) is 1.19. The number of ether oxygens (including phenoxy) is 2. The Hall–Kier alpha value is -0.840. The quantitative estimate of drug-likeness (QED) is 0.743. The molecule has 0 bridgehead atoms. The summed E-state index contributed by atoms with van der Waals surface area (Å²) in [6.07, 6.45) is 1.63. The van der Waals surface area contributed by atoms with E-state index in [1.54, 1.807) is 6.20 Å². The largest absolute Gasteiger partial charge is 0.475 e. The van der Waals surface area contributed by atoms with Gasteiger partial charge in [0.05, 0.1) is 17.2 Å². The number of halogens is 1. The molecule has 0 spiro atoms. The van der Waals surface area contributed by atoms with Crippen LogP contribution >= 0.6 is 11.6 Å². The van der Waals surface area contributed by atoms with Crippen molar-refractivity contribution in [1.82, 2.24) is 10.3 Å². The van der Waals surface area contributed by atoms with E-state index in [-0.39, 0.29) is 5.60 Å². The van der Waals surface area contributed by atoms with Crippen LogP contribution < -0.4 is 10.1 Å². The minimum absolute atomic E-state index is 0.150. The van der Waals surface area contributed by atoms with Gasteiger partial charge in [0.15, 0.2) is 0 Å². The lowest BCUT2D eigenvalue weighted by molar-refractivity contribution is -0.0168. The summed E-state index contributed by atoms with van der Waals surface area (Å²) in [6, 6.07) is 1.88. The van der Waals surface area contributed by atoms with Gasteiger partial charge in [0.2, 0.25) is 5.88 Å². The lowest BCUT2D eigenvalue weighted by Crippen LogP contribution is -2.22. The van der Waals surface area contributed by atoms with Gasteiger partial charge in [0.1, 0.15) is 6.61 Å². The first kappa shape index (κ1) is 18.2. The summed E-state index contributed by atoms with van der Waals surface area (Å²) >= 11 is 6.15. The van der Waals surface area contributed by atoms with Crippen LogP contribution in [0.15, 0.2) is 12.3 Å². The third kappa shape index (κ3) is 8.24. The van der Waals surface area contributed by atoms with Gasteiger partial charge >= 0.3 is 0 Å². The molecule has 0 fully saturated rings. The molecule has 1 aromatic rings. The minimum atomic E-state index is -0.150. The molecule has 1 rings (SSSR count). The summed E-state index contributed by atoms with van der Waals surface area (Å²) in [4.78, 5) is 4.18. The molecule has 0 saturated heterocycles. The molecule has 0 amide bonds. The van der Waals surface area contributed by atoms with Gasteiger partial charge in [-0.2, -0.15) is 0 Å². The average Bonchev–Trinajstić information content (AvgIpc) is 2.36. The van der Waals surface area contributed by atoms with Gasteiger partial charge in [-0.1, -0.05) is 25.4 Å². The van der Waals surface area contributed by atoms with Crippen LogP contribution in [0.4, 0.5) is 0 Å². The van der Waals surface area contributed by atoms with Crippen molar-refractivity contribution >= 4 is 11.6 Å². The third-order valence-electron chi connectivity index (χ3n) is 2.65. The molecule has 1 aromatic heterocycles. The average molecular weight is 315 g/mol. The molecular weight excluding hydrogens is 288 g/mol. The number of rotatable bonds is 8. The maximum Gasteiger partial charge on any atom is 0.213 e. The lowest BCUT2D eigenvalue weighted by atomic mass is 10.2. The first-order valence-corrected chi connectivity index (χ1v) is 7.77. The van der Waals surface area contributed by atoms with E-state index >= 15 is 0 Å². The minimum Gasteiger partial charge on any atom is -0.475 e. The van der Waals surface area contributed by atoms with Crippen molar-refractivity contribution in [1.29, 1.82) is 0 Å². The molecule has 0 radical (unpaired) electrons. The van der Waals surface area contributed by atoms with Crippen LogP contribution in [0.1, 0.15) is 40.2 Å². The number of hydrogen-bond acceptors (Lipinski definition) is 4. The number of hydrogen-bond donors (Lipinski definition) is 1. The van der Waals surface area contributed by atoms with Crippen molar-refractivity contribution < 1.29 is 9.47 Å². The van der Waals surface area contributed by atoms with E-state index < -0.39 is 0 Å². The fraction of sp³-hybridized carbons (Fsp3) is 0.688. The fourth-order valence-electron chi connectivity index (χ4n) is 1.66. The normalized spacial score (nSPS) is 12.0. The number of nitrogens with zero attached hydrogens (tertiary/aromatic N) is 1. The standard InChI is InChI=1S/C16H27ClN2O2/c1-12(2)9-18-10-13-8-15(19-11-14(13)17)20-6-7-21-16(3,4)5/h8,11-12,18H,6-7,9-10H2,1-5H3. The van der Waals surface area contributed by atoms with Crippen molar-refractivity contribution in [2.45, 2.75) is 46.8 Å². The summed E-state index contributed by atoms with van der Waals surface area (Å²) in [5, 5.41) is 4.02. The Kier molecular flexibility index (Phi) is 7.43. The van der Waals surface area contributed by atoms with E-state index in [0.29, 0.717) is 36.6 Å². The van der Waals surface area contributed by atoms with Crippen molar-refractivity contribution in [2.24, 2.45) is 5.92 Å².